The molecule has 0 aromatic heterocycles. The summed E-state index contributed by atoms with van der Waals surface area (Å²) in [6.07, 6.45) is 6.61. The Labute approximate surface area is 125 Å². The molecule has 0 radical (unpaired) electrons. The molecule has 3 nitrogen and oxygen atoms in total. The molecule has 0 amide bonds. The third kappa shape index (κ3) is 3.96. The van der Waals surface area contributed by atoms with E-state index in [0.717, 1.165) is 24.9 Å². The summed E-state index contributed by atoms with van der Waals surface area (Å²) in [5.41, 5.74) is -0.0353. The number of nitrogens with zero attached hydrogens (tertiary/aromatic N) is 1. The summed E-state index contributed by atoms with van der Waals surface area (Å²) in [6.45, 7) is 11.6. The number of likely N-dealkylation sites (tertiary alicyclic amines) is 1. The Morgan fingerprint density at radius 2 is 1.95 bits per heavy atom. The minimum absolute atomic E-state index is 0.0353. The number of likely N-dealkylation sites (N-methyl/N-ethyl adjacent to an activating group) is 1. The molecule has 118 valence electrons. The summed E-state index contributed by atoms with van der Waals surface area (Å²) < 4.78 is 0. The predicted molar refractivity (Wildman–Crippen MR) is 84.8 cm³/mol. The quantitative estimate of drug-likeness (QED) is 0.753. The minimum atomic E-state index is -0.0353. The zero-order chi connectivity index (χ0) is 14.6. The third-order valence-corrected chi connectivity index (χ3v) is 5.48. The van der Waals surface area contributed by atoms with Crippen LogP contribution in [0.25, 0.3) is 0 Å². The van der Waals surface area contributed by atoms with E-state index < -0.39 is 0 Å². The van der Waals surface area contributed by atoms with Gasteiger partial charge in [0.15, 0.2) is 0 Å². The van der Waals surface area contributed by atoms with Gasteiger partial charge in [0.2, 0.25) is 0 Å². The van der Waals surface area contributed by atoms with Crippen LogP contribution in [0.4, 0.5) is 0 Å². The van der Waals surface area contributed by atoms with Gasteiger partial charge in [0.1, 0.15) is 0 Å². The molecule has 0 aromatic carbocycles. The van der Waals surface area contributed by atoms with E-state index in [0.29, 0.717) is 5.92 Å². The lowest BCUT2D eigenvalue weighted by atomic mass is 9.89. The highest BCUT2D eigenvalue weighted by Gasteiger charge is 2.45. The second kappa shape index (κ2) is 7.24. The van der Waals surface area contributed by atoms with E-state index in [4.69, 9.17) is 0 Å². The third-order valence-electron chi connectivity index (χ3n) is 5.48. The molecule has 1 saturated carbocycles. The Morgan fingerprint density at radius 1 is 1.20 bits per heavy atom. The average molecular weight is 282 g/mol. The van der Waals surface area contributed by atoms with Crippen LogP contribution in [0.15, 0.2) is 0 Å². The van der Waals surface area contributed by atoms with Gasteiger partial charge in [0, 0.05) is 6.54 Å². The average Bonchev–Trinajstić information content (AvgIpc) is 3.25. The SMILES string of the molecule is CCNC(CO)(CN1CCCC(C(C)C)CC1)C1CC1. The molecule has 1 aliphatic heterocycles. The first-order valence-electron chi connectivity index (χ1n) is 8.69. The van der Waals surface area contributed by atoms with Crippen molar-refractivity contribution in [3.8, 4) is 0 Å². The molecule has 0 bridgehead atoms. The largest absolute Gasteiger partial charge is 0.394 e. The first kappa shape index (κ1) is 16.3. The van der Waals surface area contributed by atoms with E-state index in [9.17, 15) is 5.11 Å². The Kier molecular flexibility index (Phi) is 5.88. The summed E-state index contributed by atoms with van der Waals surface area (Å²) in [6, 6.07) is 0. The molecule has 2 rings (SSSR count). The molecule has 2 unspecified atom stereocenters. The van der Waals surface area contributed by atoms with E-state index in [1.807, 2.05) is 0 Å². The molecule has 2 aliphatic rings. The number of hydrogen-bond acceptors (Lipinski definition) is 3. The first-order valence-corrected chi connectivity index (χ1v) is 8.69. The van der Waals surface area contributed by atoms with Crippen LogP contribution in [-0.2, 0) is 0 Å². The molecule has 1 aliphatic carbocycles. The zero-order valence-corrected chi connectivity index (χ0v) is 13.7. The second-order valence-corrected chi connectivity index (χ2v) is 7.33. The molecule has 0 aromatic rings. The van der Waals surface area contributed by atoms with Gasteiger partial charge in [0.25, 0.3) is 0 Å². The van der Waals surface area contributed by atoms with Crippen LogP contribution in [0.1, 0.15) is 52.9 Å². The molecular weight excluding hydrogens is 248 g/mol. The molecule has 20 heavy (non-hydrogen) atoms. The fourth-order valence-corrected chi connectivity index (χ4v) is 3.96. The highest BCUT2D eigenvalue weighted by atomic mass is 16.3. The van der Waals surface area contributed by atoms with Crippen LogP contribution < -0.4 is 5.32 Å². The van der Waals surface area contributed by atoms with Crippen LogP contribution >= 0.6 is 0 Å². The molecule has 2 fully saturated rings. The zero-order valence-electron chi connectivity index (χ0n) is 13.7. The highest BCUT2D eigenvalue weighted by Crippen LogP contribution is 2.40. The van der Waals surface area contributed by atoms with Gasteiger partial charge in [-0.05, 0) is 69.5 Å². The topological polar surface area (TPSA) is 35.5 Å². The van der Waals surface area contributed by atoms with Gasteiger partial charge in [-0.15, -0.1) is 0 Å². The fourth-order valence-electron chi connectivity index (χ4n) is 3.96. The van der Waals surface area contributed by atoms with E-state index >= 15 is 0 Å². The molecule has 2 N–H and O–H groups in total. The monoisotopic (exact) mass is 282 g/mol. The van der Waals surface area contributed by atoms with E-state index in [2.05, 4.69) is 31.0 Å². The van der Waals surface area contributed by atoms with Crippen molar-refractivity contribution in [2.45, 2.75) is 58.4 Å². The van der Waals surface area contributed by atoms with E-state index in [1.54, 1.807) is 0 Å². The van der Waals surface area contributed by atoms with Crippen molar-refractivity contribution in [2.75, 3.05) is 32.8 Å². The van der Waals surface area contributed by atoms with Gasteiger partial charge in [-0.25, -0.2) is 0 Å². The lowest BCUT2D eigenvalue weighted by Crippen LogP contribution is -2.58. The number of aliphatic hydroxyl groups excluding tert-OH is 1. The van der Waals surface area contributed by atoms with Crippen molar-refractivity contribution < 1.29 is 5.11 Å². The Hall–Kier alpha value is -0.120. The lowest BCUT2D eigenvalue weighted by molar-refractivity contribution is 0.0924. The maximum absolute atomic E-state index is 9.97. The maximum Gasteiger partial charge on any atom is 0.0628 e. The number of aliphatic hydroxyl groups is 1. The van der Waals surface area contributed by atoms with Gasteiger partial charge >= 0.3 is 0 Å². The molecular formula is C17H34N2O. The summed E-state index contributed by atoms with van der Waals surface area (Å²) in [5, 5.41) is 13.6. The van der Waals surface area contributed by atoms with Gasteiger partial charge in [0.05, 0.1) is 12.1 Å². The minimum Gasteiger partial charge on any atom is -0.394 e. The van der Waals surface area contributed by atoms with Crippen molar-refractivity contribution >= 4 is 0 Å². The molecule has 0 spiro atoms. The molecule has 1 saturated heterocycles. The number of hydrogen-bond donors (Lipinski definition) is 2. The van der Waals surface area contributed by atoms with E-state index in [-0.39, 0.29) is 12.1 Å². The van der Waals surface area contributed by atoms with Gasteiger partial charge in [-0.3, -0.25) is 0 Å². The van der Waals surface area contributed by atoms with Crippen molar-refractivity contribution in [2.24, 2.45) is 17.8 Å². The highest BCUT2D eigenvalue weighted by molar-refractivity contribution is 5.02. The number of nitrogens with one attached hydrogen (secondary N) is 1. The van der Waals surface area contributed by atoms with Crippen molar-refractivity contribution in [1.29, 1.82) is 0 Å². The fraction of sp³-hybridized carbons (Fsp3) is 1.00. The van der Waals surface area contributed by atoms with Crippen LogP contribution in [0.3, 0.4) is 0 Å². The number of rotatable bonds is 7. The Morgan fingerprint density at radius 3 is 2.50 bits per heavy atom. The van der Waals surface area contributed by atoms with Crippen LogP contribution in [0.2, 0.25) is 0 Å². The second-order valence-electron chi connectivity index (χ2n) is 7.33. The molecule has 3 heteroatoms. The van der Waals surface area contributed by atoms with Crippen molar-refractivity contribution in [3.05, 3.63) is 0 Å². The molecule has 1 heterocycles. The Balaban J connectivity index is 1.93. The van der Waals surface area contributed by atoms with Crippen LogP contribution in [-0.4, -0.2) is 48.3 Å². The van der Waals surface area contributed by atoms with Crippen LogP contribution in [0.5, 0.6) is 0 Å². The Bertz CT molecular complexity index is 291. The van der Waals surface area contributed by atoms with E-state index in [1.165, 1.54) is 45.2 Å². The first-order chi connectivity index (χ1) is 9.61. The van der Waals surface area contributed by atoms with Crippen molar-refractivity contribution in [3.63, 3.8) is 0 Å². The van der Waals surface area contributed by atoms with Crippen molar-refractivity contribution in [1.82, 2.24) is 10.2 Å². The standard InChI is InChI=1S/C17H34N2O/c1-4-18-17(13-20,16-7-8-16)12-19-10-5-6-15(9-11-19)14(2)3/h14-16,18,20H,4-13H2,1-3H3. The normalized spacial score (nSPS) is 28.4. The lowest BCUT2D eigenvalue weighted by Gasteiger charge is -2.38. The summed E-state index contributed by atoms with van der Waals surface area (Å²) in [4.78, 5) is 2.61. The summed E-state index contributed by atoms with van der Waals surface area (Å²) >= 11 is 0. The van der Waals surface area contributed by atoms with Gasteiger partial charge in [-0.2, -0.15) is 0 Å². The predicted octanol–water partition coefficient (Wildman–Crippen LogP) is 2.50. The van der Waals surface area contributed by atoms with Gasteiger partial charge < -0.3 is 15.3 Å². The van der Waals surface area contributed by atoms with Gasteiger partial charge in [-0.1, -0.05) is 20.8 Å². The summed E-state index contributed by atoms with van der Waals surface area (Å²) in [5.74, 6) is 2.40. The van der Waals surface area contributed by atoms with Crippen LogP contribution in [0, 0.1) is 17.8 Å². The smallest absolute Gasteiger partial charge is 0.0628 e. The maximum atomic E-state index is 9.97. The molecule has 2 atom stereocenters. The summed E-state index contributed by atoms with van der Waals surface area (Å²) in [7, 11) is 0.